The molecule has 5 heteroatoms. The molecule has 0 unspecified atom stereocenters. The molecular weight excluding hydrogens is 264 g/mol. The van der Waals surface area contributed by atoms with E-state index in [-0.39, 0.29) is 0 Å². The summed E-state index contributed by atoms with van der Waals surface area (Å²) in [6.45, 7) is 6.59. The Morgan fingerprint density at radius 3 is 2.67 bits per heavy atom. The lowest BCUT2D eigenvalue weighted by Crippen LogP contribution is -2.07. The topological polar surface area (TPSA) is 73.1 Å². The Labute approximate surface area is 125 Å². The molecule has 0 spiro atoms. The fourth-order valence-corrected chi connectivity index (χ4v) is 2.02. The van der Waals surface area contributed by atoms with Crippen LogP contribution >= 0.6 is 0 Å². The van der Waals surface area contributed by atoms with Gasteiger partial charge in [0.15, 0.2) is 0 Å². The lowest BCUT2D eigenvalue weighted by atomic mass is 10.2. The summed E-state index contributed by atoms with van der Waals surface area (Å²) < 4.78 is 5.62. The minimum atomic E-state index is 0.518. The molecule has 0 saturated heterocycles. The first-order valence-corrected chi connectivity index (χ1v) is 7.27. The molecule has 21 heavy (non-hydrogen) atoms. The Balaban J connectivity index is 2.34. The molecule has 0 radical (unpaired) electrons. The van der Waals surface area contributed by atoms with Gasteiger partial charge in [-0.25, -0.2) is 9.97 Å². The van der Waals surface area contributed by atoms with Crippen LogP contribution in [0.5, 0.6) is 5.75 Å². The molecule has 0 saturated carbocycles. The summed E-state index contributed by atoms with van der Waals surface area (Å²) >= 11 is 0. The number of para-hydroxylation sites is 2. The fraction of sp³-hybridized carbons (Fsp3) is 0.375. The van der Waals surface area contributed by atoms with Crippen LogP contribution in [0.25, 0.3) is 0 Å². The minimum absolute atomic E-state index is 0.518. The van der Waals surface area contributed by atoms with E-state index in [0.29, 0.717) is 12.4 Å². The first-order valence-electron chi connectivity index (χ1n) is 7.27. The van der Waals surface area contributed by atoms with Crippen molar-refractivity contribution in [2.45, 2.75) is 33.6 Å². The predicted octanol–water partition coefficient (Wildman–Crippen LogP) is 3.46. The third kappa shape index (κ3) is 3.62. The van der Waals surface area contributed by atoms with E-state index in [4.69, 9.17) is 10.5 Å². The zero-order chi connectivity index (χ0) is 15.2. The van der Waals surface area contributed by atoms with E-state index in [1.54, 1.807) is 0 Å². The Hall–Kier alpha value is -2.30. The summed E-state index contributed by atoms with van der Waals surface area (Å²) in [5.41, 5.74) is 7.71. The third-order valence-corrected chi connectivity index (χ3v) is 3.14. The Kier molecular flexibility index (Phi) is 4.98. The van der Waals surface area contributed by atoms with Gasteiger partial charge in [-0.3, -0.25) is 0 Å². The molecule has 0 aliphatic rings. The number of nitrogens with zero attached hydrogens (tertiary/aromatic N) is 2. The average Bonchev–Trinajstić information content (AvgIpc) is 2.47. The van der Waals surface area contributed by atoms with E-state index in [9.17, 15) is 0 Å². The van der Waals surface area contributed by atoms with Crippen molar-refractivity contribution in [1.82, 2.24) is 9.97 Å². The number of ether oxygens (including phenoxy) is 1. The lowest BCUT2D eigenvalue weighted by Gasteiger charge is -2.14. The zero-order valence-electron chi connectivity index (χ0n) is 12.8. The van der Waals surface area contributed by atoms with Crippen LogP contribution in [0, 0.1) is 6.92 Å². The highest BCUT2D eigenvalue weighted by molar-refractivity contribution is 5.68. The monoisotopic (exact) mass is 286 g/mol. The van der Waals surface area contributed by atoms with E-state index in [1.807, 2.05) is 38.1 Å². The van der Waals surface area contributed by atoms with Crippen molar-refractivity contribution in [3.63, 3.8) is 0 Å². The maximum Gasteiger partial charge on any atom is 0.142 e. The van der Waals surface area contributed by atoms with Crippen molar-refractivity contribution in [3.05, 3.63) is 35.7 Å². The summed E-state index contributed by atoms with van der Waals surface area (Å²) in [5, 5.41) is 3.31. The lowest BCUT2D eigenvalue weighted by molar-refractivity contribution is 0.342. The van der Waals surface area contributed by atoms with Crippen molar-refractivity contribution in [3.8, 4) is 5.75 Å². The van der Waals surface area contributed by atoms with Gasteiger partial charge in [0.1, 0.15) is 23.2 Å². The summed E-state index contributed by atoms with van der Waals surface area (Å²) in [7, 11) is 0. The molecule has 1 aromatic carbocycles. The van der Waals surface area contributed by atoms with Gasteiger partial charge in [0, 0.05) is 12.0 Å². The van der Waals surface area contributed by atoms with Gasteiger partial charge in [-0.2, -0.15) is 0 Å². The van der Waals surface area contributed by atoms with Gasteiger partial charge in [-0.15, -0.1) is 0 Å². The zero-order valence-corrected chi connectivity index (χ0v) is 12.8. The second kappa shape index (κ2) is 6.92. The standard InChI is InChI=1S/C16H22N4O/c1-4-8-14-19-15(17)11(3)16(20-14)18-12-9-6-7-10-13(12)21-5-2/h6-7,9-10H,4-5,8H2,1-3H3,(H3,17,18,19,20). The van der Waals surface area contributed by atoms with Crippen molar-refractivity contribution in [2.75, 3.05) is 17.7 Å². The van der Waals surface area contributed by atoms with Crippen LogP contribution < -0.4 is 15.8 Å². The molecule has 0 amide bonds. The molecular formula is C16H22N4O. The maximum absolute atomic E-state index is 5.98. The van der Waals surface area contributed by atoms with Gasteiger partial charge in [0.05, 0.1) is 12.3 Å². The normalized spacial score (nSPS) is 10.4. The number of hydrogen-bond acceptors (Lipinski definition) is 5. The molecule has 0 atom stereocenters. The average molecular weight is 286 g/mol. The van der Waals surface area contributed by atoms with E-state index in [2.05, 4.69) is 22.2 Å². The molecule has 0 aliphatic heterocycles. The Bertz CT molecular complexity index is 613. The van der Waals surface area contributed by atoms with Crippen LogP contribution in [0.1, 0.15) is 31.7 Å². The summed E-state index contributed by atoms with van der Waals surface area (Å²) in [4.78, 5) is 8.88. The SMILES string of the molecule is CCCc1nc(N)c(C)c(Nc2ccccc2OCC)n1. The Morgan fingerprint density at radius 2 is 1.95 bits per heavy atom. The van der Waals surface area contributed by atoms with Crippen LogP contribution in [0.4, 0.5) is 17.3 Å². The molecule has 0 bridgehead atoms. The van der Waals surface area contributed by atoms with Crippen LogP contribution in [0.3, 0.4) is 0 Å². The molecule has 1 heterocycles. The van der Waals surface area contributed by atoms with Gasteiger partial charge in [0.25, 0.3) is 0 Å². The van der Waals surface area contributed by atoms with Gasteiger partial charge < -0.3 is 15.8 Å². The van der Waals surface area contributed by atoms with Gasteiger partial charge >= 0.3 is 0 Å². The minimum Gasteiger partial charge on any atom is -0.492 e. The predicted molar refractivity (Wildman–Crippen MR) is 86.1 cm³/mol. The highest BCUT2D eigenvalue weighted by atomic mass is 16.5. The van der Waals surface area contributed by atoms with Gasteiger partial charge in [0.2, 0.25) is 0 Å². The second-order valence-electron chi connectivity index (χ2n) is 4.80. The van der Waals surface area contributed by atoms with E-state index >= 15 is 0 Å². The van der Waals surface area contributed by atoms with E-state index < -0.39 is 0 Å². The molecule has 0 fully saturated rings. The van der Waals surface area contributed by atoms with Crippen LogP contribution in [-0.2, 0) is 6.42 Å². The highest BCUT2D eigenvalue weighted by Gasteiger charge is 2.10. The first-order chi connectivity index (χ1) is 10.2. The number of benzene rings is 1. The largest absolute Gasteiger partial charge is 0.492 e. The van der Waals surface area contributed by atoms with E-state index in [0.717, 1.165) is 41.5 Å². The van der Waals surface area contributed by atoms with Crippen LogP contribution in [0.15, 0.2) is 24.3 Å². The van der Waals surface area contributed by atoms with E-state index in [1.165, 1.54) is 0 Å². The highest BCUT2D eigenvalue weighted by Crippen LogP contribution is 2.29. The van der Waals surface area contributed by atoms with Crippen molar-refractivity contribution < 1.29 is 4.74 Å². The summed E-state index contributed by atoms with van der Waals surface area (Å²) in [6.07, 6.45) is 1.80. The van der Waals surface area contributed by atoms with Crippen molar-refractivity contribution >= 4 is 17.3 Å². The van der Waals surface area contributed by atoms with Crippen molar-refractivity contribution in [1.29, 1.82) is 0 Å². The Morgan fingerprint density at radius 1 is 1.19 bits per heavy atom. The molecule has 3 N–H and O–H groups in total. The number of nitrogens with one attached hydrogen (secondary N) is 1. The number of hydrogen-bond donors (Lipinski definition) is 2. The number of nitrogens with two attached hydrogens (primary N) is 1. The third-order valence-electron chi connectivity index (χ3n) is 3.14. The number of aromatic nitrogens is 2. The molecule has 5 nitrogen and oxygen atoms in total. The second-order valence-corrected chi connectivity index (χ2v) is 4.80. The van der Waals surface area contributed by atoms with Crippen molar-refractivity contribution in [2.24, 2.45) is 0 Å². The van der Waals surface area contributed by atoms with Gasteiger partial charge in [-0.1, -0.05) is 19.1 Å². The molecule has 2 aromatic rings. The molecule has 2 rings (SSSR count). The maximum atomic E-state index is 5.98. The summed E-state index contributed by atoms with van der Waals surface area (Å²) in [6, 6.07) is 7.79. The van der Waals surface area contributed by atoms with Crippen LogP contribution in [0.2, 0.25) is 0 Å². The first kappa shape index (κ1) is 15.1. The molecule has 112 valence electrons. The van der Waals surface area contributed by atoms with Crippen LogP contribution in [-0.4, -0.2) is 16.6 Å². The number of nitrogen functional groups attached to an aromatic ring is 1. The quantitative estimate of drug-likeness (QED) is 0.850. The number of aryl methyl sites for hydroxylation is 1. The fourth-order valence-electron chi connectivity index (χ4n) is 2.02. The molecule has 0 aliphatic carbocycles. The van der Waals surface area contributed by atoms with Gasteiger partial charge in [-0.05, 0) is 32.4 Å². The molecule has 1 aromatic heterocycles. The summed E-state index contributed by atoms with van der Waals surface area (Å²) in [5.74, 6) is 2.81. The number of rotatable bonds is 6. The number of anilines is 3. The smallest absolute Gasteiger partial charge is 0.142 e.